The SMILES string of the molecule is CCCN(CCN=C(NCC)NC1CCN(CCCOC)CC1)C(=O)OC(C)(C)C. The fourth-order valence-corrected chi connectivity index (χ4v) is 3.42. The first-order valence-corrected chi connectivity index (χ1v) is 11.5. The van der Waals surface area contributed by atoms with Gasteiger partial charge in [-0.05, 0) is 53.4 Å². The van der Waals surface area contributed by atoms with E-state index in [4.69, 9.17) is 14.5 Å². The molecule has 2 N–H and O–H groups in total. The molecule has 0 aromatic heterocycles. The van der Waals surface area contributed by atoms with Crippen LogP contribution >= 0.6 is 0 Å². The van der Waals surface area contributed by atoms with Gasteiger partial charge in [0.25, 0.3) is 0 Å². The fraction of sp³-hybridized carbons (Fsp3) is 0.909. The maximum Gasteiger partial charge on any atom is 0.410 e. The zero-order valence-electron chi connectivity index (χ0n) is 20.1. The number of nitrogens with one attached hydrogen (secondary N) is 2. The van der Waals surface area contributed by atoms with Crippen molar-refractivity contribution in [3.63, 3.8) is 0 Å². The van der Waals surface area contributed by atoms with Crippen molar-refractivity contribution in [1.82, 2.24) is 20.4 Å². The first-order valence-electron chi connectivity index (χ1n) is 11.5. The largest absolute Gasteiger partial charge is 0.444 e. The molecule has 1 amide bonds. The Morgan fingerprint density at radius 1 is 1.20 bits per heavy atom. The highest BCUT2D eigenvalue weighted by molar-refractivity contribution is 5.80. The first-order chi connectivity index (χ1) is 14.3. The predicted octanol–water partition coefficient (Wildman–Crippen LogP) is 2.69. The number of nitrogens with zero attached hydrogens (tertiary/aromatic N) is 3. The van der Waals surface area contributed by atoms with E-state index in [-0.39, 0.29) is 6.09 Å². The van der Waals surface area contributed by atoms with Gasteiger partial charge in [0, 0.05) is 59.0 Å². The Morgan fingerprint density at radius 3 is 2.47 bits per heavy atom. The van der Waals surface area contributed by atoms with E-state index in [9.17, 15) is 4.79 Å². The highest BCUT2D eigenvalue weighted by atomic mass is 16.6. The summed E-state index contributed by atoms with van der Waals surface area (Å²) in [6.45, 7) is 16.5. The van der Waals surface area contributed by atoms with Gasteiger partial charge in [-0.3, -0.25) is 4.99 Å². The van der Waals surface area contributed by atoms with Gasteiger partial charge in [0.15, 0.2) is 5.96 Å². The summed E-state index contributed by atoms with van der Waals surface area (Å²) in [5.41, 5.74) is -0.485. The lowest BCUT2D eigenvalue weighted by Gasteiger charge is -2.33. The van der Waals surface area contributed by atoms with Crippen molar-refractivity contribution in [2.75, 3.05) is 59.5 Å². The van der Waals surface area contributed by atoms with Gasteiger partial charge in [0.05, 0.1) is 6.54 Å². The molecule has 1 aliphatic rings. The average Bonchev–Trinajstić information content (AvgIpc) is 2.67. The zero-order valence-corrected chi connectivity index (χ0v) is 20.1. The molecule has 8 nitrogen and oxygen atoms in total. The summed E-state index contributed by atoms with van der Waals surface area (Å²) in [4.78, 5) is 21.4. The number of amides is 1. The molecule has 0 bridgehead atoms. The summed E-state index contributed by atoms with van der Waals surface area (Å²) < 4.78 is 10.7. The van der Waals surface area contributed by atoms with Crippen LogP contribution in [-0.4, -0.2) is 93.0 Å². The molecule has 1 rings (SSSR count). The molecule has 0 atom stereocenters. The second kappa shape index (κ2) is 14.5. The van der Waals surface area contributed by atoms with Crippen molar-refractivity contribution in [3.05, 3.63) is 0 Å². The normalized spacial score (nSPS) is 16.4. The second-order valence-electron chi connectivity index (χ2n) is 8.83. The van der Waals surface area contributed by atoms with Crippen LogP contribution in [0.1, 0.15) is 60.3 Å². The molecule has 0 aromatic carbocycles. The standard InChI is InChI=1S/C22H45N5O3/c1-7-13-27(21(28)30-22(3,4)5)17-12-24-20(23-8-2)25-19-10-15-26(16-11-19)14-9-18-29-6/h19H,7-18H2,1-6H3,(H2,23,24,25). The van der Waals surface area contributed by atoms with Crippen molar-refractivity contribution in [2.24, 2.45) is 4.99 Å². The van der Waals surface area contributed by atoms with Gasteiger partial charge in [-0.2, -0.15) is 0 Å². The summed E-state index contributed by atoms with van der Waals surface area (Å²) in [5, 5.41) is 6.90. The molecule has 1 aliphatic heterocycles. The van der Waals surface area contributed by atoms with Crippen LogP contribution in [0.25, 0.3) is 0 Å². The highest BCUT2D eigenvalue weighted by Gasteiger charge is 2.22. The van der Waals surface area contributed by atoms with E-state index >= 15 is 0 Å². The molecule has 0 unspecified atom stereocenters. The van der Waals surface area contributed by atoms with Gasteiger partial charge in [-0.1, -0.05) is 6.92 Å². The second-order valence-corrected chi connectivity index (χ2v) is 8.83. The van der Waals surface area contributed by atoms with Crippen LogP contribution in [0.2, 0.25) is 0 Å². The average molecular weight is 428 g/mol. The van der Waals surface area contributed by atoms with Crippen LogP contribution in [0.3, 0.4) is 0 Å². The smallest absolute Gasteiger partial charge is 0.410 e. The first kappa shape index (κ1) is 26.5. The molecule has 1 heterocycles. The number of piperidine rings is 1. The third kappa shape index (κ3) is 11.6. The fourth-order valence-electron chi connectivity index (χ4n) is 3.42. The number of hydrogen-bond donors (Lipinski definition) is 2. The minimum atomic E-state index is -0.485. The topological polar surface area (TPSA) is 78.4 Å². The van der Waals surface area contributed by atoms with Crippen LogP contribution in [0, 0.1) is 0 Å². The molecule has 8 heteroatoms. The van der Waals surface area contributed by atoms with Crippen LogP contribution in [0.5, 0.6) is 0 Å². The number of carbonyl (C=O) groups is 1. The lowest BCUT2D eigenvalue weighted by Crippen LogP contribution is -2.49. The molecule has 30 heavy (non-hydrogen) atoms. The molecule has 0 aromatic rings. The number of methoxy groups -OCH3 is 1. The molecular formula is C22H45N5O3. The van der Waals surface area contributed by atoms with Crippen molar-refractivity contribution >= 4 is 12.1 Å². The van der Waals surface area contributed by atoms with Crippen molar-refractivity contribution in [3.8, 4) is 0 Å². The lowest BCUT2D eigenvalue weighted by molar-refractivity contribution is 0.0256. The number of guanidine groups is 1. The van der Waals surface area contributed by atoms with Crippen LogP contribution in [0.4, 0.5) is 4.79 Å². The quantitative estimate of drug-likeness (QED) is 0.300. The zero-order chi connectivity index (χ0) is 22.4. The molecule has 176 valence electrons. The molecular weight excluding hydrogens is 382 g/mol. The predicted molar refractivity (Wildman–Crippen MR) is 123 cm³/mol. The van der Waals surface area contributed by atoms with E-state index in [2.05, 4.69) is 29.4 Å². The van der Waals surface area contributed by atoms with Crippen molar-refractivity contribution < 1.29 is 14.3 Å². The number of rotatable bonds is 11. The van der Waals surface area contributed by atoms with E-state index in [1.165, 1.54) is 0 Å². The van der Waals surface area contributed by atoms with Crippen molar-refractivity contribution in [2.45, 2.75) is 71.9 Å². The Kier molecular flexibility index (Phi) is 12.8. The number of aliphatic imine (C=N–C) groups is 1. The minimum Gasteiger partial charge on any atom is -0.444 e. The van der Waals surface area contributed by atoms with E-state index in [0.717, 1.165) is 64.4 Å². The van der Waals surface area contributed by atoms with Gasteiger partial charge in [-0.15, -0.1) is 0 Å². The molecule has 0 saturated carbocycles. The summed E-state index contributed by atoms with van der Waals surface area (Å²) in [6.07, 6.45) is 3.93. The van der Waals surface area contributed by atoms with Crippen LogP contribution in [0.15, 0.2) is 4.99 Å². The van der Waals surface area contributed by atoms with Gasteiger partial charge in [-0.25, -0.2) is 4.79 Å². The molecule has 1 saturated heterocycles. The summed E-state index contributed by atoms with van der Waals surface area (Å²) in [6, 6.07) is 0.430. The Labute approximate surface area is 183 Å². The molecule has 0 radical (unpaired) electrons. The van der Waals surface area contributed by atoms with Crippen LogP contribution in [-0.2, 0) is 9.47 Å². The van der Waals surface area contributed by atoms with Gasteiger partial charge < -0.3 is 29.9 Å². The minimum absolute atomic E-state index is 0.265. The van der Waals surface area contributed by atoms with E-state index in [0.29, 0.717) is 25.7 Å². The number of ether oxygens (including phenoxy) is 2. The van der Waals surface area contributed by atoms with E-state index in [1.54, 1.807) is 12.0 Å². The van der Waals surface area contributed by atoms with Crippen LogP contribution < -0.4 is 10.6 Å². The van der Waals surface area contributed by atoms with Crippen molar-refractivity contribution in [1.29, 1.82) is 0 Å². The summed E-state index contributed by atoms with van der Waals surface area (Å²) in [7, 11) is 1.76. The Hall–Kier alpha value is -1.54. The maximum absolute atomic E-state index is 12.4. The Bertz CT molecular complexity index is 499. The summed E-state index contributed by atoms with van der Waals surface area (Å²) >= 11 is 0. The van der Waals surface area contributed by atoms with Gasteiger partial charge in [0.2, 0.25) is 0 Å². The Balaban J connectivity index is 2.50. The highest BCUT2D eigenvalue weighted by Crippen LogP contribution is 2.11. The molecule has 0 spiro atoms. The Morgan fingerprint density at radius 2 is 1.90 bits per heavy atom. The molecule has 1 fully saturated rings. The number of hydrogen-bond acceptors (Lipinski definition) is 5. The number of carbonyl (C=O) groups excluding carboxylic acids is 1. The summed E-state index contributed by atoms with van der Waals surface area (Å²) in [5.74, 6) is 0.830. The van der Waals surface area contributed by atoms with E-state index in [1.807, 2.05) is 20.8 Å². The maximum atomic E-state index is 12.4. The monoisotopic (exact) mass is 427 g/mol. The lowest BCUT2D eigenvalue weighted by atomic mass is 10.1. The van der Waals surface area contributed by atoms with E-state index < -0.39 is 5.60 Å². The third-order valence-corrected chi connectivity index (χ3v) is 4.88. The van der Waals surface area contributed by atoms with Gasteiger partial charge >= 0.3 is 6.09 Å². The van der Waals surface area contributed by atoms with Gasteiger partial charge in [0.1, 0.15) is 5.60 Å². The molecule has 0 aliphatic carbocycles. The number of likely N-dealkylation sites (tertiary alicyclic amines) is 1. The third-order valence-electron chi connectivity index (χ3n) is 4.88.